The zero-order chi connectivity index (χ0) is 21.0. The van der Waals surface area contributed by atoms with E-state index in [1.54, 1.807) is 35.1 Å². The van der Waals surface area contributed by atoms with Crippen LogP contribution in [0.5, 0.6) is 0 Å². The third kappa shape index (κ3) is 4.62. The van der Waals surface area contributed by atoms with Crippen LogP contribution in [0.15, 0.2) is 67.0 Å². The molecule has 0 aliphatic carbocycles. The van der Waals surface area contributed by atoms with E-state index in [1.165, 1.54) is 4.31 Å². The highest BCUT2D eigenvalue weighted by Gasteiger charge is 2.28. The molecule has 0 unspecified atom stereocenters. The Morgan fingerprint density at radius 1 is 1.07 bits per heavy atom. The van der Waals surface area contributed by atoms with Gasteiger partial charge in [-0.25, -0.2) is 17.9 Å². The minimum absolute atomic E-state index is 0.161. The topological polar surface area (TPSA) is 96.3 Å². The minimum atomic E-state index is -3.25. The molecule has 30 heavy (non-hydrogen) atoms. The Hall–Kier alpha value is -3.33. The zero-order valence-corrected chi connectivity index (χ0v) is 17.2. The van der Waals surface area contributed by atoms with Gasteiger partial charge < -0.3 is 10.6 Å². The number of nitrogens with one attached hydrogen (secondary N) is 2. The predicted octanol–water partition coefficient (Wildman–Crippen LogP) is 2.78. The first-order valence-corrected chi connectivity index (χ1v) is 11.4. The fourth-order valence-electron chi connectivity index (χ4n) is 3.40. The minimum Gasteiger partial charge on any atom is -0.338 e. The molecule has 8 nitrogen and oxygen atoms in total. The first-order chi connectivity index (χ1) is 14.5. The lowest BCUT2D eigenvalue weighted by Gasteiger charge is -2.18. The van der Waals surface area contributed by atoms with Gasteiger partial charge in [0.05, 0.1) is 17.1 Å². The molecular weight excluding hydrogens is 402 g/mol. The number of benzene rings is 2. The van der Waals surface area contributed by atoms with Crippen molar-refractivity contribution in [1.82, 2.24) is 15.1 Å². The maximum atomic E-state index is 12.2. The number of hydrogen-bond donors (Lipinski definition) is 2. The highest BCUT2D eigenvalue weighted by atomic mass is 32.2. The average molecular weight is 426 g/mol. The van der Waals surface area contributed by atoms with Crippen molar-refractivity contribution in [2.75, 3.05) is 28.5 Å². The molecule has 2 heterocycles. The van der Waals surface area contributed by atoms with E-state index in [1.807, 2.05) is 36.5 Å². The standard InChI is InChI=1S/C21H23N5O3S/c27-21(22-12-10-17-6-8-19(9-7-17)25-13-2-11-23-25)24-18-4-1-5-20(16-18)26-14-3-15-30(26,28)29/h1-2,4-9,11,13,16H,3,10,12,14-15H2,(H2,22,24,27). The summed E-state index contributed by atoms with van der Waals surface area (Å²) in [5.74, 6) is 0.161. The van der Waals surface area contributed by atoms with Crippen LogP contribution in [-0.4, -0.2) is 43.1 Å². The van der Waals surface area contributed by atoms with Crippen LogP contribution in [0.1, 0.15) is 12.0 Å². The van der Waals surface area contributed by atoms with Crippen molar-refractivity contribution in [1.29, 1.82) is 0 Å². The maximum absolute atomic E-state index is 12.2. The third-order valence-corrected chi connectivity index (χ3v) is 6.77. The van der Waals surface area contributed by atoms with Gasteiger partial charge in [0.25, 0.3) is 0 Å². The molecular formula is C21H23N5O3S. The summed E-state index contributed by atoms with van der Waals surface area (Å²) >= 11 is 0. The summed E-state index contributed by atoms with van der Waals surface area (Å²) in [6.45, 7) is 0.949. The predicted molar refractivity (Wildman–Crippen MR) is 116 cm³/mol. The molecule has 2 amide bonds. The smallest absolute Gasteiger partial charge is 0.319 e. The van der Waals surface area contributed by atoms with Crippen molar-refractivity contribution in [2.24, 2.45) is 0 Å². The van der Waals surface area contributed by atoms with E-state index in [2.05, 4.69) is 15.7 Å². The van der Waals surface area contributed by atoms with Crippen LogP contribution in [-0.2, 0) is 16.4 Å². The molecule has 0 atom stereocenters. The molecule has 0 radical (unpaired) electrons. The number of carbonyl (C=O) groups is 1. The number of amides is 2. The molecule has 2 aromatic carbocycles. The lowest BCUT2D eigenvalue weighted by molar-refractivity contribution is 0.252. The van der Waals surface area contributed by atoms with Crippen LogP contribution in [0, 0.1) is 0 Å². The number of urea groups is 1. The van der Waals surface area contributed by atoms with Crippen LogP contribution >= 0.6 is 0 Å². The SMILES string of the molecule is O=C(NCCc1ccc(-n2cccn2)cc1)Nc1cccc(N2CCCS2(=O)=O)c1. The first kappa shape index (κ1) is 20.0. The molecule has 1 aliphatic rings. The molecule has 1 aromatic heterocycles. The molecule has 1 aliphatic heterocycles. The van der Waals surface area contributed by atoms with Gasteiger partial charge in [-0.2, -0.15) is 5.10 Å². The third-order valence-electron chi connectivity index (χ3n) is 4.90. The normalized spacial score (nSPS) is 15.1. The van der Waals surface area contributed by atoms with Gasteiger partial charge in [0.15, 0.2) is 0 Å². The van der Waals surface area contributed by atoms with E-state index >= 15 is 0 Å². The molecule has 1 fully saturated rings. The van der Waals surface area contributed by atoms with Gasteiger partial charge in [-0.3, -0.25) is 4.31 Å². The molecule has 0 spiro atoms. The van der Waals surface area contributed by atoms with Gasteiger partial charge in [0.1, 0.15) is 0 Å². The lowest BCUT2D eigenvalue weighted by atomic mass is 10.1. The van der Waals surface area contributed by atoms with Crippen LogP contribution < -0.4 is 14.9 Å². The van der Waals surface area contributed by atoms with Crippen molar-refractivity contribution < 1.29 is 13.2 Å². The van der Waals surface area contributed by atoms with Crippen molar-refractivity contribution in [3.05, 3.63) is 72.6 Å². The first-order valence-electron chi connectivity index (χ1n) is 9.76. The highest BCUT2D eigenvalue weighted by Crippen LogP contribution is 2.26. The summed E-state index contributed by atoms with van der Waals surface area (Å²) in [4.78, 5) is 12.2. The number of aromatic nitrogens is 2. The number of hydrogen-bond acceptors (Lipinski definition) is 4. The second kappa shape index (κ2) is 8.58. The van der Waals surface area contributed by atoms with E-state index in [9.17, 15) is 13.2 Å². The molecule has 3 aromatic rings. The van der Waals surface area contributed by atoms with E-state index < -0.39 is 10.0 Å². The molecule has 2 N–H and O–H groups in total. The molecule has 0 saturated carbocycles. The van der Waals surface area contributed by atoms with E-state index in [0.717, 1.165) is 11.3 Å². The molecule has 9 heteroatoms. The van der Waals surface area contributed by atoms with Crippen molar-refractivity contribution in [3.63, 3.8) is 0 Å². The Morgan fingerprint density at radius 2 is 1.90 bits per heavy atom. The summed E-state index contributed by atoms with van der Waals surface area (Å²) < 4.78 is 27.3. The summed E-state index contributed by atoms with van der Waals surface area (Å²) in [6, 6.07) is 16.4. The molecule has 4 rings (SSSR count). The van der Waals surface area contributed by atoms with Crippen molar-refractivity contribution in [2.45, 2.75) is 12.8 Å². The highest BCUT2D eigenvalue weighted by molar-refractivity contribution is 7.93. The summed E-state index contributed by atoms with van der Waals surface area (Å²) in [5.41, 5.74) is 3.21. The fraction of sp³-hybridized carbons (Fsp3) is 0.238. The average Bonchev–Trinajstić information content (AvgIpc) is 3.38. The van der Waals surface area contributed by atoms with Gasteiger partial charge in [-0.1, -0.05) is 18.2 Å². The van der Waals surface area contributed by atoms with E-state index in [-0.39, 0.29) is 11.8 Å². The van der Waals surface area contributed by atoms with Crippen molar-refractivity contribution >= 4 is 27.4 Å². The Kier molecular flexibility index (Phi) is 5.71. The Bertz CT molecular complexity index is 1110. The maximum Gasteiger partial charge on any atom is 0.319 e. The Labute approximate surface area is 175 Å². The van der Waals surface area contributed by atoms with E-state index in [0.29, 0.717) is 37.3 Å². The molecule has 0 bridgehead atoms. The van der Waals surface area contributed by atoms with Gasteiger partial charge >= 0.3 is 6.03 Å². The Morgan fingerprint density at radius 3 is 2.60 bits per heavy atom. The second-order valence-corrected chi connectivity index (χ2v) is 9.05. The van der Waals surface area contributed by atoms with Crippen LogP contribution in [0.25, 0.3) is 5.69 Å². The van der Waals surface area contributed by atoms with E-state index in [4.69, 9.17) is 0 Å². The molecule has 1 saturated heterocycles. The summed E-state index contributed by atoms with van der Waals surface area (Å²) in [5, 5.41) is 9.79. The molecule has 156 valence electrons. The number of anilines is 2. The van der Waals surface area contributed by atoms with Crippen LogP contribution in [0.4, 0.5) is 16.2 Å². The quantitative estimate of drug-likeness (QED) is 0.635. The zero-order valence-electron chi connectivity index (χ0n) is 16.4. The number of sulfonamides is 1. The van der Waals surface area contributed by atoms with Gasteiger partial charge in [-0.05, 0) is 54.8 Å². The lowest BCUT2D eigenvalue weighted by Crippen LogP contribution is -2.30. The van der Waals surface area contributed by atoms with Gasteiger partial charge in [-0.15, -0.1) is 0 Å². The second-order valence-electron chi connectivity index (χ2n) is 7.04. The van der Waals surface area contributed by atoms with Crippen molar-refractivity contribution in [3.8, 4) is 5.69 Å². The monoisotopic (exact) mass is 425 g/mol. The van der Waals surface area contributed by atoms with Crippen LogP contribution in [0.3, 0.4) is 0 Å². The fourth-order valence-corrected chi connectivity index (χ4v) is 4.96. The van der Waals surface area contributed by atoms with Crippen LogP contribution in [0.2, 0.25) is 0 Å². The Balaban J connectivity index is 1.28. The summed E-state index contributed by atoms with van der Waals surface area (Å²) in [6.07, 6.45) is 4.92. The largest absolute Gasteiger partial charge is 0.338 e. The number of rotatable bonds is 6. The number of carbonyl (C=O) groups excluding carboxylic acids is 1. The van der Waals surface area contributed by atoms with Gasteiger partial charge in [0.2, 0.25) is 10.0 Å². The number of nitrogens with zero attached hydrogens (tertiary/aromatic N) is 3. The van der Waals surface area contributed by atoms with Gasteiger partial charge in [0, 0.05) is 31.2 Å². The summed E-state index contributed by atoms with van der Waals surface area (Å²) in [7, 11) is -3.25.